The van der Waals surface area contributed by atoms with Crippen LogP contribution in [0.15, 0.2) is 0 Å². The van der Waals surface area contributed by atoms with Crippen molar-refractivity contribution in [3.8, 4) is 0 Å². The van der Waals surface area contributed by atoms with Crippen LogP contribution < -0.4 is 0 Å². The third-order valence-electron chi connectivity index (χ3n) is 1.82. The van der Waals surface area contributed by atoms with Gasteiger partial charge in [0, 0.05) is 0 Å². The summed E-state index contributed by atoms with van der Waals surface area (Å²) >= 11 is 0. The smallest absolute Gasteiger partial charge is 0.315 e. The molecule has 5 heteroatoms. The van der Waals surface area contributed by atoms with Gasteiger partial charge in [-0.25, -0.2) is 0 Å². The van der Waals surface area contributed by atoms with Crippen LogP contribution in [0.5, 0.6) is 0 Å². The van der Waals surface area contributed by atoms with E-state index in [-0.39, 0.29) is 0 Å². The van der Waals surface area contributed by atoms with E-state index in [1.165, 1.54) is 0 Å². The second kappa shape index (κ2) is 4.40. The molecule has 0 aliphatic carbocycles. The van der Waals surface area contributed by atoms with E-state index in [1.807, 2.05) is 0 Å². The van der Waals surface area contributed by atoms with Crippen molar-refractivity contribution < 1.29 is 8.23 Å². The molecule has 0 aromatic carbocycles. The molecule has 0 amide bonds. The number of hydrogen-bond donors (Lipinski definition) is 0. The Morgan fingerprint density at radius 1 is 1.11 bits per heavy atom. The summed E-state index contributed by atoms with van der Waals surface area (Å²) in [6.45, 7) is 4.32. The zero-order valence-electron chi connectivity index (χ0n) is 6.73. The molecule has 0 N–H and O–H groups in total. The Morgan fingerprint density at radius 3 is 1.44 bits per heavy atom. The molecule has 0 unspecified atom stereocenters. The summed E-state index contributed by atoms with van der Waals surface area (Å²) in [6, 6.07) is 2.22. The van der Waals surface area contributed by atoms with Crippen LogP contribution in [-0.4, -0.2) is 29.5 Å². The molecule has 0 saturated heterocycles. The lowest BCUT2D eigenvalue weighted by molar-refractivity contribution is 0.424. The first kappa shape index (κ1) is 9.57. The van der Waals surface area contributed by atoms with Crippen molar-refractivity contribution in [2.75, 3.05) is 0 Å². The van der Waals surface area contributed by atoms with Crippen molar-refractivity contribution in [2.45, 2.75) is 25.9 Å². The molecule has 2 nitrogen and oxygen atoms in total. The fourth-order valence-electron chi connectivity index (χ4n) is 0.911. The van der Waals surface area contributed by atoms with E-state index in [1.54, 1.807) is 0 Å². The van der Waals surface area contributed by atoms with Gasteiger partial charge < -0.3 is 8.23 Å². The maximum Gasteiger partial charge on any atom is 0.315 e. The molecule has 9 heavy (non-hydrogen) atoms. The van der Waals surface area contributed by atoms with Gasteiger partial charge in [0.2, 0.25) is 0 Å². The average Bonchev–Trinajstić information content (AvgIpc) is 1.95. The molecule has 0 bridgehead atoms. The highest BCUT2D eigenvalue weighted by molar-refractivity contribution is 6.72. The van der Waals surface area contributed by atoms with Crippen molar-refractivity contribution in [1.82, 2.24) is 0 Å². The molecule has 0 aliphatic heterocycles. The Morgan fingerprint density at radius 2 is 1.44 bits per heavy atom. The Hall–Kier alpha value is 0.571. The molecule has 0 aliphatic rings. The molecule has 0 aromatic heterocycles. The largest absolute Gasteiger partial charge is 0.445 e. The molecule has 0 rings (SSSR count). The predicted molar refractivity (Wildman–Crippen MR) is 48.8 cm³/mol. The van der Waals surface area contributed by atoms with E-state index in [4.69, 9.17) is 8.23 Å². The topological polar surface area (TPSA) is 18.5 Å². The minimum absolute atomic E-state index is 0.834. The van der Waals surface area contributed by atoms with Gasteiger partial charge >= 0.3 is 8.56 Å². The normalized spacial score (nSPS) is 12.7. The Balaban J connectivity index is 3.82. The van der Waals surface area contributed by atoms with Gasteiger partial charge in [-0.05, 0) is 12.1 Å². The van der Waals surface area contributed by atoms with Crippen molar-refractivity contribution >= 4 is 29.5 Å². The van der Waals surface area contributed by atoms with E-state index in [0.717, 1.165) is 33.1 Å². The maximum atomic E-state index is 5.48. The van der Waals surface area contributed by atoms with E-state index in [0.29, 0.717) is 0 Å². The number of rotatable bonds is 4. The van der Waals surface area contributed by atoms with Crippen LogP contribution in [0.25, 0.3) is 0 Å². The molecule has 0 heterocycles. The second-order valence-electron chi connectivity index (χ2n) is 2.03. The fraction of sp³-hybridized carbons (Fsp3) is 1.00. The van der Waals surface area contributed by atoms with Crippen molar-refractivity contribution in [1.29, 1.82) is 0 Å². The van der Waals surface area contributed by atoms with Crippen LogP contribution in [0.2, 0.25) is 12.1 Å². The highest BCUT2D eigenvalue weighted by Crippen LogP contribution is 2.14. The summed E-state index contributed by atoms with van der Waals surface area (Å²) in [4.78, 5) is 0. The van der Waals surface area contributed by atoms with Crippen molar-refractivity contribution in [3.05, 3.63) is 0 Å². The first-order chi connectivity index (χ1) is 4.24. The molecular weight excluding hydrogens is 164 g/mol. The molecule has 0 fully saturated rings. The van der Waals surface area contributed by atoms with E-state index >= 15 is 0 Å². The van der Waals surface area contributed by atoms with Gasteiger partial charge in [0.05, 0.1) is 0 Å². The molecule has 0 atom stereocenters. The Labute approximate surface area is 64.3 Å². The Kier molecular flexibility index (Phi) is 4.67. The highest BCUT2D eigenvalue weighted by Gasteiger charge is 2.28. The predicted octanol–water partition coefficient (Wildman–Crippen LogP) is -0.938. The van der Waals surface area contributed by atoms with Crippen LogP contribution in [0.1, 0.15) is 13.8 Å². The van der Waals surface area contributed by atoms with Gasteiger partial charge in [0.1, 0.15) is 21.0 Å². The standard InChI is InChI=1S/C4H16O2Si3/c1-3-9(4-2,5-7)6-8/h3-4H2,1-2,7-8H3. The second-order valence-corrected chi connectivity index (χ2v) is 8.53. The lowest BCUT2D eigenvalue weighted by Gasteiger charge is -2.25. The monoisotopic (exact) mass is 180 g/mol. The summed E-state index contributed by atoms with van der Waals surface area (Å²) in [5.41, 5.74) is 0. The summed E-state index contributed by atoms with van der Waals surface area (Å²) < 4.78 is 11.0. The zero-order valence-corrected chi connectivity index (χ0v) is 11.7. The van der Waals surface area contributed by atoms with Crippen molar-refractivity contribution in [2.24, 2.45) is 0 Å². The third-order valence-corrected chi connectivity index (χ3v) is 9.93. The first-order valence-corrected chi connectivity index (χ1v) is 7.21. The van der Waals surface area contributed by atoms with Crippen molar-refractivity contribution in [3.63, 3.8) is 0 Å². The van der Waals surface area contributed by atoms with Gasteiger partial charge in [0.15, 0.2) is 0 Å². The van der Waals surface area contributed by atoms with Gasteiger partial charge in [-0.2, -0.15) is 0 Å². The van der Waals surface area contributed by atoms with Crippen LogP contribution >= 0.6 is 0 Å². The van der Waals surface area contributed by atoms with Crippen LogP contribution in [-0.2, 0) is 8.23 Å². The van der Waals surface area contributed by atoms with Gasteiger partial charge in [-0.1, -0.05) is 13.8 Å². The lowest BCUT2D eigenvalue weighted by Crippen LogP contribution is -2.39. The minimum atomic E-state index is -1.57. The minimum Gasteiger partial charge on any atom is -0.445 e. The molecule has 0 saturated carbocycles. The fourth-order valence-corrected chi connectivity index (χ4v) is 8.20. The molecule has 56 valence electrons. The van der Waals surface area contributed by atoms with Gasteiger partial charge in [0.25, 0.3) is 0 Å². The van der Waals surface area contributed by atoms with Crippen LogP contribution in [0.3, 0.4) is 0 Å². The van der Waals surface area contributed by atoms with Crippen LogP contribution in [0.4, 0.5) is 0 Å². The summed E-state index contributed by atoms with van der Waals surface area (Å²) in [5.74, 6) is 0. The average molecular weight is 180 g/mol. The van der Waals surface area contributed by atoms with E-state index in [2.05, 4.69) is 13.8 Å². The van der Waals surface area contributed by atoms with E-state index < -0.39 is 8.56 Å². The molecule has 0 aromatic rings. The summed E-state index contributed by atoms with van der Waals surface area (Å²) in [7, 11) is 0.100. The first-order valence-electron chi connectivity index (χ1n) is 3.35. The zero-order chi connectivity index (χ0) is 7.33. The quantitative estimate of drug-likeness (QED) is 0.520. The number of hydrogen-bond acceptors (Lipinski definition) is 2. The van der Waals surface area contributed by atoms with Crippen LogP contribution in [0, 0.1) is 0 Å². The summed E-state index contributed by atoms with van der Waals surface area (Å²) in [6.07, 6.45) is 0. The molecule has 0 spiro atoms. The molecular formula is C4H16O2Si3. The van der Waals surface area contributed by atoms with Gasteiger partial charge in [-0.3, -0.25) is 0 Å². The SMILES string of the molecule is CC[Si](CC)(O[SiH3])O[SiH3]. The molecule has 0 radical (unpaired) electrons. The Bertz CT molecular complexity index is 56.7. The lowest BCUT2D eigenvalue weighted by atomic mass is 10.9. The third kappa shape index (κ3) is 2.34. The maximum absolute atomic E-state index is 5.48. The van der Waals surface area contributed by atoms with E-state index in [9.17, 15) is 0 Å². The summed E-state index contributed by atoms with van der Waals surface area (Å²) in [5, 5.41) is 0. The highest BCUT2D eigenvalue weighted by atomic mass is 28.4. The van der Waals surface area contributed by atoms with Gasteiger partial charge in [-0.15, -0.1) is 0 Å².